The SMILES string of the molecule is Cc1cc(Cl)nc(NCC2CCCCN2)n1.Cl. The van der Waals surface area contributed by atoms with Crippen LogP contribution < -0.4 is 10.6 Å². The lowest BCUT2D eigenvalue weighted by molar-refractivity contribution is 0.413. The number of nitrogens with zero attached hydrogens (tertiary/aromatic N) is 2. The van der Waals surface area contributed by atoms with Crippen molar-refractivity contribution in [2.24, 2.45) is 0 Å². The molecule has 1 atom stereocenters. The lowest BCUT2D eigenvalue weighted by atomic mass is 10.1. The number of hydrogen-bond donors (Lipinski definition) is 2. The van der Waals surface area contributed by atoms with E-state index in [4.69, 9.17) is 11.6 Å². The van der Waals surface area contributed by atoms with Crippen molar-refractivity contribution in [2.45, 2.75) is 32.2 Å². The summed E-state index contributed by atoms with van der Waals surface area (Å²) in [5.74, 6) is 0.623. The van der Waals surface area contributed by atoms with E-state index in [2.05, 4.69) is 20.6 Å². The zero-order valence-corrected chi connectivity index (χ0v) is 11.4. The summed E-state index contributed by atoms with van der Waals surface area (Å²) >= 11 is 5.86. The first-order valence-corrected chi connectivity index (χ1v) is 6.10. The van der Waals surface area contributed by atoms with Gasteiger partial charge in [0.1, 0.15) is 5.15 Å². The van der Waals surface area contributed by atoms with Crippen LogP contribution >= 0.6 is 24.0 Å². The molecular weight excluding hydrogens is 259 g/mol. The highest BCUT2D eigenvalue weighted by atomic mass is 35.5. The Hall–Kier alpha value is -0.580. The second kappa shape index (κ2) is 6.99. The molecule has 0 spiro atoms. The van der Waals surface area contributed by atoms with E-state index >= 15 is 0 Å². The Labute approximate surface area is 113 Å². The average Bonchev–Trinajstić information content (AvgIpc) is 2.27. The smallest absolute Gasteiger partial charge is 0.224 e. The maximum atomic E-state index is 5.86. The van der Waals surface area contributed by atoms with Gasteiger partial charge in [0, 0.05) is 18.3 Å². The van der Waals surface area contributed by atoms with E-state index in [1.165, 1.54) is 19.3 Å². The van der Waals surface area contributed by atoms with E-state index in [1.807, 2.05) is 6.92 Å². The summed E-state index contributed by atoms with van der Waals surface area (Å²) in [5, 5.41) is 7.19. The Morgan fingerprint density at radius 1 is 1.47 bits per heavy atom. The number of piperidine rings is 1. The molecule has 2 heterocycles. The highest BCUT2D eigenvalue weighted by Gasteiger charge is 2.12. The molecule has 2 N–H and O–H groups in total. The molecule has 1 aliphatic rings. The third-order valence-electron chi connectivity index (χ3n) is 2.74. The van der Waals surface area contributed by atoms with E-state index in [1.54, 1.807) is 6.07 Å². The average molecular weight is 277 g/mol. The molecule has 1 unspecified atom stereocenters. The lowest BCUT2D eigenvalue weighted by Gasteiger charge is -2.23. The highest BCUT2D eigenvalue weighted by Crippen LogP contribution is 2.11. The minimum absolute atomic E-state index is 0. The summed E-state index contributed by atoms with van der Waals surface area (Å²) < 4.78 is 0. The molecule has 0 aromatic carbocycles. The number of nitrogens with one attached hydrogen (secondary N) is 2. The van der Waals surface area contributed by atoms with Crippen LogP contribution in [0.4, 0.5) is 5.95 Å². The van der Waals surface area contributed by atoms with Gasteiger partial charge in [0.05, 0.1) is 0 Å². The van der Waals surface area contributed by atoms with Gasteiger partial charge < -0.3 is 10.6 Å². The molecule has 0 aliphatic carbocycles. The zero-order valence-electron chi connectivity index (χ0n) is 9.87. The van der Waals surface area contributed by atoms with Gasteiger partial charge in [0.15, 0.2) is 0 Å². The molecule has 0 saturated carbocycles. The van der Waals surface area contributed by atoms with Crippen molar-refractivity contribution in [1.82, 2.24) is 15.3 Å². The Balaban J connectivity index is 0.00000144. The van der Waals surface area contributed by atoms with Crippen molar-refractivity contribution < 1.29 is 0 Å². The summed E-state index contributed by atoms with van der Waals surface area (Å²) in [6.45, 7) is 3.89. The van der Waals surface area contributed by atoms with Crippen molar-refractivity contribution in [1.29, 1.82) is 0 Å². The van der Waals surface area contributed by atoms with Gasteiger partial charge >= 0.3 is 0 Å². The number of aryl methyl sites for hydroxylation is 1. The molecule has 0 amide bonds. The van der Waals surface area contributed by atoms with Crippen LogP contribution in [0.25, 0.3) is 0 Å². The van der Waals surface area contributed by atoms with Gasteiger partial charge in [-0.25, -0.2) is 9.97 Å². The van der Waals surface area contributed by atoms with Crippen LogP contribution in [-0.4, -0.2) is 29.1 Å². The van der Waals surface area contributed by atoms with Gasteiger partial charge in [-0.15, -0.1) is 12.4 Å². The fraction of sp³-hybridized carbons (Fsp3) is 0.636. The molecule has 2 rings (SSSR count). The maximum absolute atomic E-state index is 5.86. The fourth-order valence-electron chi connectivity index (χ4n) is 1.92. The van der Waals surface area contributed by atoms with E-state index in [0.717, 1.165) is 18.8 Å². The van der Waals surface area contributed by atoms with Crippen LogP contribution in [0, 0.1) is 6.92 Å². The third-order valence-corrected chi connectivity index (χ3v) is 2.94. The van der Waals surface area contributed by atoms with Crippen molar-refractivity contribution >= 4 is 30.0 Å². The van der Waals surface area contributed by atoms with Crippen LogP contribution in [0.5, 0.6) is 0 Å². The molecule has 6 heteroatoms. The standard InChI is InChI=1S/C11H17ClN4.ClH/c1-8-6-10(12)16-11(15-8)14-7-9-4-2-3-5-13-9;/h6,9,13H,2-5,7H2,1H3,(H,14,15,16);1H. The van der Waals surface area contributed by atoms with Crippen LogP contribution in [0.1, 0.15) is 25.0 Å². The van der Waals surface area contributed by atoms with Crippen molar-refractivity contribution in [3.05, 3.63) is 16.9 Å². The Morgan fingerprint density at radius 2 is 2.29 bits per heavy atom. The predicted molar refractivity (Wildman–Crippen MR) is 73.2 cm³/mol. The first-order chi connectivity index (χ1) is 7.74. The zero-order chi connectivity index (χ0) is 11.4. The molecule has 1 aliphatic heterocycles. The van der Waals surface area contributed by atoms with Crippen molar-refractivity contribution in [3.8, 4) is 0 Å². The molecule has 1 saturated heterocycles. The first kappa shape index (κ1) is 14.5. The minimum Gasteiger partial charge on any atom is -0.353 e. The number of aromatic nitrogens is 2. The molecule has 0 radical (unpaired) electrons. The van der Waals surface area contributed by atoms with Gasteiger partial charge in [0.2, 0.25) is 5.95 Å². The number of halogens is 2. The molecule has 96 valence electrons. The highest BCUT2D eigenvalue weighted by molar-refractivity contribution is 6.29. The second-order valence-corrected chi connectivity index (χ2v) is 4.57. The monoisotopic (exact) mass is 276 g/mol. The molecule has 1 aromatic rings. The molecule has 1 aromatic heterocycles. The normalized spacial score (nSPS) is 19.5. The van der Waals surface area contributed by atoms with Crippen LogP contribution in [0.3, 0.4) is 0 Å². The lowest BCUT2D eigenvalue weighted by Crippen LogP contribution is -2.39. The van der Waals surface area contributed by atoms with Gasteiger partial charge in [-0.1, -0.05) is 18.0 Å². The largest absolute Gasteiger partial charge is 0.353 e. The molecule has 1 fully saturated rings. The van der Waals surface area contributed by atoms with E-state index in [9.17, 15) is 0 Å². The second-order valence-electron chi connectivity index (χ2n) is 4.18. The summed E-state index contributed by atoms with van der Waals surface area (Å²) in [5.41, 5.74) is 0.888. The number of anilines is 1. The van der Waals surface area contributed by atoms with E-state index in [-0.39, 0.29) is 12.4 Å². The third kappa shape index (κ3) is 4.66. The van der Waals surface area contributed by atoms with Crippen molar-refractivity contribution in [2.75, 3.05) is 18.4 Å². The molecule has 4 nitrogen and oxygen atoms in total. The van der Waals surface area contributed by atoms with Crippen LogP contribution in [0.15, 0.2) is 6.07 Å². The van der Waals surface area contributed by atoms with E-state index < -0.39 is 0 Å². The predicted octanol–water partition coefficient (Wildman–Crippen LogP) is 2.41. The summed E-state index contributed by atoms with van der Waals surface area (Å²) in [4.78, 5) is 8.42. The van der Waals surface area contributed by atoms with Crippen LogP contribution in [-0.2, 0) is 0 Å². The van der Waals surface area contributed by atoms with Gasteiger partial charge in [-0.3, -0.25) is 0 Å². The quantitative estimate of drug-likeness (QED) is 0.833. The molecular formula is C11H18Cl2N4. The maximum Gasteiger partial charge on any atom is 0.224 e. The Kier molecular flexibility index (Phi) is 5.95. The topological polar surface area (TPSA) is 49.8 Å². The Morgan fingerprint density at radius 3 is 2.94 bits per heavy atom. The Bertz CT molecular complexity index is 333. The van der Waals surface area contributed by atoms with Crippen molar-refractivity contribution in [3.63, 3.8) is 0 Å². The summed E-state index contributed by atoms with van der Waals surface area (Å²) in [7, 11) is 0. The fourth-order valence-corrected chi connectivity index (χ4v) is 2.16. The minimum atomic E-state index is 0. The van der Waals surface area contributed by atoms with Gasteiger partial charge in [-0.2, -0.15) is 0 Å². The van der Waals surface area contributed by atoms with E-state index in [0.29, 0.717) is 17.1 Å². The number of hydrogen-bond acceptors (Lipinski definition) is 4. The van der Waals surface area contributed by atoms with Crippen LogP contribution in [0.2, 0.25) is 5.15 Å². The number of rotatable bonds is 3. The van der Waals surface area contributed by atoms with Gasteiger partial charge in [-0.05, 0) is 32.4 Å². The summed E-state index contributed by atoms with van der Waals surface area (Å²) in [6.07, 6.45) is 3.80. The first-order valence-electron chi connectivity index (χ1n) is 5.72. The van der Waals surface area contributed by atoms with Gasteiger partial charge in [0.25, 0.3) is 0 Å². The molecule has 17 heavy (non-hydrogen) atoms. The molecule has 0 bridgehead atoms. The summed E-state index contributed by atoms with van der Waals surface area (Å²) in [6, 6.07) is 2.28.